The second-order valence-corrected chi connectivity index (χ2v) is 10.4. The predicted molar refractivity (Wildman–Crippen MR) is 105 cm³/mol. The van der Waals surface area contributed by atoms with E-state index < -0.39 is 10.0 Å². The molecule has 1 atom stereocenters. The zero-order chi connectivity index (χ0) is 18.6. The number of hydrogen-bond donors (Lipinski definition) is 2. The van der Waals surface area contributed by atoms with E-state index in [4.69, 9.17) is 0 Å². The fourth-order valence-electron chi connectivity index (χ4n) is 3.01. The monoisotopic (exact) mass is 413 g/mol. The maximum atomic E-state index is 12.7. The van der Waals surface area contributed by atoms with Crippen molar-refractivity contribution in [3.05, 3.63) is 39.4 Å². The first-order valence-electron chi connectivity index (χ1n) is 8.56. The molecule has 1 aliphatic heterocycles. The van der Waals surface area contributed by atoms with Gasteiger partial charge in [-0.25, -0.2) is 13.1 Å². The highest BCUT2D eigenvalue weighted by Gasteiger charge is 2.26. The van der Waals surface area contributed by atoms with Gasteiger partial charge in [0.1, 0.15) is 4.21 Å². The molecule has 1 fully saturated rings. The number of nitrogens with one attached hydrogen (secondary N) is 2. The lowest BCUT2D eigenvalue weighted by Gasteiger charge is -2.26. The summed E-state index contributed by atoms with van der Waals surface area (Å²) in [5.41, 5.74) is 0. The quantitative estimate of drug-likeness (QED) is 0.697. The number of thiophene rings is 2. The summed E-state index contributed by atoms with van der Waals surface area (Å²) in [5.74, 6) is -0.134. The van der Waals surface area contributed by atoms with Gasteiger partial charge >= 0.3 is 0 Å². The van der Waals surface area contributed by atoms with E-state index in [9.17, 15) is 13.2 Å². The molecular formula is C17H23N3O3S3. The molecule has 0 aliphatic carbocycles. The minimum atomic E-state index is -3.56. The van der Waals surface area contributed by atoms with Gasteiger partial charge in [-0.15, -0.1) is 22.7 Å². The summed E-state index contributed by atoms with van der Waals surface area (Å²) in [5, 5.41) is 4.71. The largest absolute Gasteiger partial charge is 0.351 e. The molecule has 0 radical (unpaired) electrons. The number of rotatable bonds is 8. The van der Waals surface area contributed by atoms with Crippen molar-refractivity contribution in [3.63, 3.8) is 0 Å². The molecule has 2 aromatic heterocycles. The maximum Gasteiger partial charge on any atom is 0.250 e. The lowest BCUT2D eigenvalue weighted by atomic mass is 10.2. The van der Waals surface area contributed by atoms with E-state index in [2.05, 4.69) is 21.0 Å². The van der Waals surface area contributed by atoms with Gasteiger partial charge in [0.15, 0.2) is 0 Å². The molecule has 0 aromatic carbocycles. The number of sulfonamides is 1. The van der Waals surface area contributed by atoms with Crippen molar-refractivity contribution in [1.29, 1.82) is 0 Å². The lowest BCUT2D eigenvalue weighted by Crippen LogP contribution is -2.36. The summed E-state index contributed by atoms with van der Waals surface area (Å²) in [4.78, 5) is 15.3. The SMILES string of the molecule is CC(=O)NCc1ccc(S(=O)(=O)NCC(c2cccs2)N2CCCC2)s1. The Bertz CT molecular complexity index is 825. The number of hydrogen-bond acceptors (Lipinski definition) is 6. The van der Waals surface area contributed by atoms with E-state index in [1.807, 2.05) is 11.4 Å². The summed E-state index contributed by atoms with van der Waals surface area (Å²) in [6.45, 7) is 4.16. The molecule has 142 valence electrons. The normalized spacial score (nSPS) is 16.7. The van der Waals surface area contributed by atoms with Crippen molar-refractivity contribution in [3.8, 4) is 0 Å². The first-order valence-corrected chi connectivity index (χ1v) is 11.7. The molecular weight excluding hydrogens is 390 g/mol. The van der Waals surface area contributed by atoms with E-state index in [1.165, 1.54) is 23.1 Å². The molecule has 1 aliphatic rings. The molecule has 26 heavy (non-hydrogen) atoms. The van der Waals surface area contributed by atoms with Crippen molar-refractivity contribution in [2.45, 2.75) is 36.6 Å². The third-order valence-electron chi connectivity index (χ3n) is 4.33. The van der Waals surface area contributed by atoms with Gasteiger partial charge in [0.25, 0.3) is 0 Å². The van der Waals surface area contributed by atoms with Gasteiger partial charge < -0.3 is 5.32 Å². The van der Waals surface area contributed by atoms with Crippen molar-refractivity contribution in [2.75, 3.05) is 19.6 Å². The Balaban J connectivity index is 1.67. The van der Waals surface area contributed by atoms with Crippen LogP contribution < -0.4 is 10.0 Å². The maximum absolute atomic E-state index is 12.7. The fourth-order valence-corrected chi connectivity index (χ4v) is 6.25. The summed E-state index contributed by atoms with van der Waals surface area (Å²) in [7, 11) is -3.56. The first-order chi connectivity index (χ1) is 12.5. The molecule has 0 bridgehead atoms. The van der Waals surface area contributed by atoms with E-state index in [1.54, 1.807) is 23.5 Å². The molecule has 3 heterocycles. The van der Waals surface area contributed by atoms with Gasteiger partial charge in [-0.05, 0) is 49.5 Å². The molecule has 0 spiro atoms. The average molecular weight is 414 g/mol. The molecule has 6 nitrogen and oxygen atoms in total. The molecule has 1 unspecified atom stereocenters. The van der Waals surface area contributed by atoms with Crippen LogP contribution in [0.15, 0.2) is 33.9 Å². The first kappa shape index (κ1) is 19.5. The van der Waals surface area contributed by atoms with Gasteiger partial charge in [0.05, 0.1) is 12.6 Å². The molecule has 2 aromatic rings. The summed E-state index contributed by atoms with van der Waals surface area (Å²) in [6, 6.07) is 7.49. The summed E-state index contributed by atoms with van der Waals surface area (Å²) < 4.78 is 28.4. The van der Waals surface area contributed by atoms with Crippen molar-refractivity contribution in [2.24, 2.45) is 0 Å². The van der Waals surface area contributed by atoms with Crippen molar-refractivity contribution < 1.29 is 13.2 Å². The second kappa shape index (κ2) is 8.62. The van der Waals surface area contributed by atoms with Crippen molar-refractivity contribution >= 4 is 38.6 Å². The van der Waals surface area contributed by atoms with Crippen LogP contribution in [0.5, 0.6) is 0 Å². The Kier molecular flexibility index (Phi) is 6.46. The smallest absolute Gasteiger partial charge is 0.250 e. The minimum absolute atomic E-state index is 0.0751. The van der Waals surface area contributed by atoms with E-state index in [0.717, 1.165) is 30.8 Å². The van der Waals surface area contributed by atoms with Crippen LogP contribution in [0.1, 0.15) is 35.6 Å². The Morgan fingerprint density at radius 3 is 2.69 bits per heavy atom. The molecule has 1 amide bonds. The highest BCUT2D eigenvalue weighted by molar-refractivity contribution is 7.91. The van der Waals surface area contributed by atoms with Crippen LogP contribution in [0.2, 0.25) is 0 Å². The fraction of sp³-hybridized carbons (Fsp3) is 0.471. The average Bonchev–Trinajstić information content (AvgIpc) is 3.35. The van der Waals surface area contributed by atoms with E-state index >= 15 is 0 Å². The Labute approximate surface area is 162 Å². The molecule has 9 heteroatoms. The number of amides is 1. The van der Waals surface area contributed by atoms with Crippen LogP contribution in [0, 0.1) is 0 Å². The van der Waals surface area contributed by atoms with E-state index in [0.29, 0.717) is 13.1 Å². The van der Waals surface area contributed by atoms with Crippen LogP contribution >= 0.6 is 22.7 Å². The minimum Gasteiger partial charge on any atom is -0.351 e. The number of nitrogens with zero attached hydrogens (tertiary/aromatic N) is 1. The van der Waals surface area contributed by atoms with Crippen LogP contribution in [-0.2, 0) is 21.4 Å². The van der Waals surface area contributed by atoms with Crippen LogP contribution in [0.3, 0.4) is 0 Å². The lowest BCUT2D eigenvalue weighted by molar-refractivity contribution is -0.119. The van der Waals surface area contributed by atoms with Crippen LogP contribution in [0.4, 0.5) is 0 Å². The van der Waals surface area contributed by atoms with Gasteiger partial charge in [-0.2, -0.15) is 0 Å². The standard InChI is InChI=1S/C17H23N3O3S3/c1-13(21)18-11-14-6-7-17(25-14)26(22,23)19-12-15(16-5-4-10-24-16)20-8-2-3-9-20/h4-7,10,15,19H,2-3,8-9,11-12H2,1H3,(H,18,21). The molecule has 0 saturated carbocycles. The summed E-state index contributed by atoms with van der Waals surface area (Å²) in [6.07, 6.45) is 2.32. The van der Waals surface area contributed by atoms with Crippen LogP contribution in [0.25, 0.3) is 0 Å². The highest BCUT2D eigenvalue weighted by Crippen LogP contribution is 2.29. The molecule has 2 N–H and O–H groups in total. The van der Waals surface area contributed by atoms with Gasteiger partial charge in [0, 0.05) is 23.2 Å². The highest BCUT2D eigenvalue weighted by atomic mass is 32.2. The Morgan fingerprint density at radius 2 is 2.04 bits per heavy atom. The molecule has 3 rings (SSSR count). The third kappa shape index (κ3) is 4.92. The van der Waals surface area contributed by atoms with Gasteiger partial charge in [-0.1, -0.05) is 6.07 Å². The van der Waals surface area contributed by atoms with Gasteiger partial charge in [-0.3, -0.25) is 9.69 Å². The zero-order valence-electron chi connectivity index (χ0n) is 14.6. The zero-order valence-corrected chi connectivity index (χ0v) is 17.1. The van der Waals surface area contributed by atoms with Gasteiger partial charge in [0.2, 0.25) is 15.9 Å². The Hall–Kier alpha value is -1.26. The number of likely N-dealkylation sites (tertiary alicyclic amines) is 1. The van der Waals surface area contributed by atoms with Crippen molar-refractivity contribution in [1.82, 2.24) is 14.9 Å². The predicted octanol–water partition coefficient (Wildman–Crippen LogP) is 2.56. The summed E-state index contributed by atoms with van der Waals surface area (Å²) >= 11 is 2.85. The third-order valence-corrected chi connectivity index (χ3v) is 8.31. The van der Waals surface area contributed by atoms with Crippen LogP contribution in [-0.4, -0.2) is 38.9 Å². The van der Waals surface area contributed by atoms with E-state index in [-0.39, 0.29) is 16.2 Å². The molecule has 1 saturated heterocycles. The number of carbonyl (C=O) groups is 1. The topological polar surface area (TPSA) is 78.5 Å². The number of carbonyl (C=O) groups excluding carboxylic acids is 1. The second-order valence-electron chi connectivity index (χ2n) is 6.26. The Morgan fingerprint density at radius 1 is 1.27 bits per heavy atom.